The minimum absolute atomic E-state index is 0.0412. The highest BCUT2D eigenvalue weighted by Crippen LogP contribution is 2.13. The summed E-state index contributed by atoms with van der Waals surface area (Å²) in [5, 5.41) is 14.4. The largest absolute Gasteiger partial charge is 0.479 e. The lowest BCUT2D eigenvalue weighted by molar-refractivity contribution is -0.123. The molecular weight excluding hydrogens is 390 g/mol. The zero-order valence-electron chi connectivity index (χ0n) is 17.0. The van der Waals surface area contributed by atoms with Crippen molar-refractivity contribution in [3.63, 3.8) is 0 Å². The Kier molecular flexibility index (Phi) is 7.78. The van der Waals surface area contributed by atoms with Crippen molar-refractivity contribution in [2.24, 2.45) is 0 Å². The summed E-state index contributed by atoms with van der Waals surface area (Å²) in [5.74, 6) is -0.0217. The van der Waals surface area contributed by atoms with Crippen molar-refractivity contribution in [3.05, 3.63) is 102 Å². The van der Waals surface area contributed by atoms with Gasteiger partial charge in [-0.05, 0) is 35.4 Å². The van der Waals surface area contributed by atoms with Gasteiger partial charge in [-0.3, -0.25) is 9.59 Å². The van der Waals surface area contributed by atoms with Gasteiger partial charge in [-0.15, -0.1) is 0 Å². The monoisotopic (exact) mass is 413 g/mol. The van der Waals surface area contributed by atoms with Crippen molar-refractivity contribution in [2.45, 2.75) is 19.0 Å². The van der Waals surface area contributed by atoms with Gasteiger partial charge in [0.05, 0.1) is 0 Å². The Labute approximate surface area is 181 Å². The molecule has 6 heteroatoms. The molecular formula is C25H23N3O3. The lowest BCUT2D eigenvalue weighted by Crippen LogP contribution is -2.47. The van der Waals surface area contributed by atoms with Gasteiger partial charge < -0.3 is 15.4 Å². The lowest BCUT2D eigenvalue weighted by Gasteiger charge is -2.19. The molecule has 0 aliphatic carbocycles. The van der Waals surface area contributed by atoms with Crippen molar-refractivity contribution in [1.29, 1.82) is 5.26 Å². The predicted octanol–water partition coefficient (Wildman–Crippen LogP) is 3.25. The van der Waals surface area contributed by atoms with E-state index >= 15 is 0 Å². The molecule has 0 aromatic heterocycles. The smallest absolute Gasteiger partial charge is 0.251 e. The van der Waals surface area contributed by atoms with Gasteiger partial charge >= 0.3 is 0 Å². The Hall–Kier alpha value is -4.11. The molecule has 0 fully saturated rings. The summed E-state index contributed by atoms with van der Waals surface area (Å²) in [4.78, 5) is 25.6. The first kappa shape index (κ1) is 21.6. The molecule has 3 aromatic rings. The van der Waals surface area contributed by atoms with Crippen LogP contribution in [-0.2, 0) is 17.8 Å². The first-order chi connectivity index (χ1) is 15.2. The van der Waals surface area contributed by atoms with Crippen molar-refractivity contribution < 1.29 is 14.3 Å². The lowest BCUT2D eigenvalue weighted by atomic mass is 10.0. The van der Waals surface area contributed by atoms with Crippen molar-refractivity contribution in [1.82, 2.24) is 10.6 Å². The van der Waals surface area contributed by atoms with Gasteiger partial charge in [0.2, 0.25) is 5.91 Å². The van der Waals surface area contributed by atoms with Crippen LogP contribution in [0.2, 0.25) is 0 Å². The molecule has 0 aliphatic rings. The molecule has 3 aromatic carbocycles. The van der Waals surface area contributed by atoms with Crippen LogP contribution < -0.4 is 15.4 Å². The first-order valence-corrected chi connectivity index (χ1v) is 9.92. The van der Waals surface area contributed by atoms with Crippen LogP contribution in [0.4, 0.5) is 0 Å². The molecule has 1 unspecified atom stereocenters. The van der Waals surface area contributed by atoms with E-state index in [-0.39, 0.29) is 25.0 Å². The molecule has 0 aliphatic heterocycles. The van der Waals surface area contributed by atoms with Crippen LogP contribution in [0.15, 0.2) is 84.9 Å². The number of rotatable bonds is 9. The van der Waals surface area contributed by atoms with Crippen molar-refractivity contribution in [3.8, 4) is 11.8 Å². The van der Waals surface area contributed by atoms with Gasteiger partial charge in [0.25, 0.3) is 5.91 Å². The number of carbonyl (C=O) groups excluding carboxylic acids is 2. The highest BCUT2D eigenvalue weighted by atomic mass is 16.5. The highest BCUT2D eigenvalue weighted by Gasteiger charge is 2.21. The number of nitrogens with one attached hydrogen (secondary N) is 2. The molecule has 0 radical (unpaired) electrons. The minimum atomic E-state index is -0.729. The molecule has 6 nitrogen and oxygen atoms in total. The van der Waals surface area contributed by atoms with Crippen LogP contribution in [0, 0.1) is 11.3 Å². The number of nitrogens with zero attached hydrogens (tertiary/aromatic N) is 1. The number of hydrogen-bond acceptors (Lipinski definition) is 4. The van der Waals surface area contributed by atoms with Crippen LogP contribution >= 0.6 is 0 Å². The molecule has 0 saturated heterocycles. The van der Waals surface area contributed by atoms with Gasteiger partial charge in [-0.25, -0.2) is 0 Å². The number of carbonyl (C=O) groups is 2. The maximum absolute atomic E-state index is 12.9. The number of ether oxygens (including phenoxy) is 1. The molecule has 156 valence electrons. The Morgan fingerprint density at radius 2 is 1.58 bits per heavy atom. The number of nitriles is 1. The van der Waals surface area contributed by atoms with Gasteiger partial charge in [-0.2, -0.15) is 5.26 Å². The summed E-state index contributed by atoms with van der Waals surface area (Å²) >= 11 is 0. The van der Waals surface area contributed by atoms with E-state index in [4.69, 9.17) is 10.00 Å². The van der Waals surface area contributed by atoms with Crippen LogP contribution in [0.3, 0.4) is 0 Å². The summed E-state index contributed by atoms with van der Waals surface area (Å²) in [7, 11) is 0. The Morgan fingerprint density at radius 3 is 2.29 bits per heavy atom. The molecule has 0 saturated carbocycles. The summed E-state index contributed by atoms with van der Waals surface area (Å²) in [6.07, 6.45) is 0.372. The Balaban J connectivity index is 1.68. The van der Waals surface area contributed by atoms with E-state index in [1.54, 1.807) is 42.5 Å². The van der Waals surface area contributed by atoms with Crippen LogP contribution in [0.25, 0.3) is 0 Å². The zero-order valence-corrected chi connectivity index (χ0v) is 17.0. The van der Waals surface area contributed by atoms with E-state index in [1.165, 1.54) is 0 Å². The predicted molar refractivity (Wildman–Crippen MR) is 117 cm³/mol. The number of hydrogen-bond donors (Lipinski definition) is 2. The summed E-state index contributed by atoms with van der Waals surface area (Å²) in [6, 6.07) is 26.7. The van der Waals surface area contributed by atoms with Crippen LogP contribution in [0.5, 0.6) is 5.75 Å². The number of amides is 2. The van der Waals surface area contributed by atoms with Crippen molar-refractivity contribution in [2.75, 3.05) is 6.61 Å². The highest BCUT2D eigenvalue weighted by molar-refractivity contribution is 5.97. The average molecular weight is 413 g/mol. The topological polar surface area (TPSA) is 91.2 Å². The Bertz CT molecular complexity index is 1050. The van der Waals surface area contributed by atoms with E-state index < -0.39 is 6.04 Å². The van der Waals surface area contributed by atoms with Gasteiger partial charge in [0, 0.05) is 18.5 Å². The van der Waals surface area contributed by atoms with Crippen LogP contribution in [-0.4, -0.2) is 24.5 Å². The second kappa shape index (κ2) is 11.2. The standard InChI is InChI=1S/C25H23N3O3/c26-14-15-31-22-13-7-10-20(16-22)18-27-25(30)23(17-19-8-3-1-4-9-19)28-24(29)21-11-5-2-6-12-21/h1-13,16,23H,15,17-18H2,(H,27,30)(H,28,29). The SMILES string of the molecule is N#CCOc1cccc(CNC(=O)C(Cc2ccccc2)NC(=O)c2ccccc2)c1. The average Bonchev–Trinajstić information content (AvgIpc) is 2.82. The summed E-state index contributed by atoms with van der Waals surface area (Å²) in [5.41, 5.74) is 2.27. The second-order valence-electron chi connectivity index (χ2n) is 6.89. The fraction of sp³-hybridized carbons (Fsp3) is 0.160. The molecule has 0 spiro atoms. The third kappa shape index (κ3) is 6.72. The molecule has 2 amide bonds. The second-order valence-corrected chi connectivity index (χ2v) is 6.89. The van der Waals surface area contributed by atoms with E-state index in [2.05, 4.69) is 10.6 Å². The zero-order chi connectivity index (χ0) is 21.9. The molecule has 0 bridgehead atoms. The maximum atomic E-state index is 12.9. The van der Waals surface area contributed by atoms with Gasteiger partial charge in [0.1, 0.15) is 17.9 Å². The fourth-order valence-corrected chi connectivity index (χ4v) is 3.06. The summed E-state index contributed by atoms with van der Waals surface area (Å²) < 4.78 is 5.30. The first-order valence-electron chi connectivity index (χ1n) is 9.92. The summed E-state index contributed by atoms with van der Waals surface area (Å²) in [6.45, 7) is 0.232. The van der Waals surface area contributed by atoms with E-state index in [1.807, 2.05) is 48.5 Å². The van der Waals surface area contributed by atoms with E-state index in [9.17, 15) is 9.59 Å². The fourth-order valence-electron chi connectivity index (χ4n) is 3.06. The van der Waals surface area contributed by atoms with E-state index in [0.29, 0.717) is 17.7 Å². The molecule has 31 heavy (non-hydrogen) atoms. The Morgan fingerprint density at radius 1 is 0.903 bits per heavy atom. The third-order valence-electron chi connectivity index (χ3n) is 4.61. The normalized spacial score (nSPS) is 11.1. The van der Waals surface area contributed by atoms with Gasteiger partial charge in [0.15, 0.2) is 6.61 Å². The molecule has 3 rings (SSSR count). The van der Waals surface area contributed by atoms with E-state index in [0.717, 1.165) is 11.1 Å². The maximum Gasteiger partial charge on any atom is 0.251 e. The van der Waals surface area contributed by atoms with Crippen LogP contribution in [0.1, 0.15) is 21.5 Å². The molecule has 0 heterocycles. The molecule has 1 atom stereocenters. The minimum Gasteiger partial charge on any atom is -0.479 e. The quantitative estimate of drug-likeness (QED) is 0.563. The number of benzene rings is 3. The van der Waals surface area contributed by atoms with Gasteiger partial charge in [-0.1, -0.05) is 60.7 Å². The third-order valence-corrected chi connectivity index (χ3v) is 4.61. The van der Waals surface area contributed by atoms with Crippen molar-refractivity contribution >= 4 is 11.8 Å². The molecule has 2 N–H and O–H groups in total.